The molecule has 144 valence electrons. The Morgan fingerprint density at radius 1 is 1.21 bits per heavy atom. The highest BCUT2D eigenvalue weighted by Crippen LogP contribution is 2.43. The van der Waals surface area contributed by atoms with Gasteiger partial charge in [-0.05, 0) is 66.1 Å². The van der Waals surface area contributed by atoms with Crippen molar-refractivity contribution in [2.24, 2.45) is 0 Å². The molecule has 1 heterocycles. The van der Waals surface area contributed by atoms with Crippen LogP contribution in [-0.2, 0) is 10.2 Å². The smallest absolute Gasteiger partial charge is 0.235 e. The van der Waals surface area contributed by atoms with E-state index in [0.717, 1.165) is 18.4 Å². The maximum Gasteiger partial charge on any atom is 0.235 e. The maximum absolute atomic E-state index is 14.5. The Hall–Kier alpha value is -2.80. The van der Waals surface area contributed by atoms with Crippen molar-refractivity contribution in [1.29, 1.82) is 0 Å². The van der Waals surface area contributed by atoms with E-state index in [1.165, 1.54) is 16.8 Å². The number of carbonyl (C=O) groups is 1. The van der Waals surface area contributed by atoms with Crippen molar-refractivity contribution in [3.63, 3.8) is 0 Å². The third-order valence-corrected chi connectivity index (χ3v) is 5.57. The van der Waals surface area contributed by atoms with E-state index >= 15 is 0 Å². The minimum Gasteiger partial charge on any atom is -0.323 e. The molecule has 0 spiro atoms. The SMILES string of the molecule is Cc1nnnn1-c1ccc(F)c(NC(=O)C2(c3cccc(Cl)c3)CCCC2)c1. The predicted molar refractivity (Wildman–Crippen MR) is 104 cm³/mol. The molecule has 1 aliphatic carbocycles. The molecule has 1 amide bonds. The van der Waals surface area contributed by atoms with Crippen molar-refractivity contribution in [2.45, 2.75) is 38.0 Å². The Kier molecular flexibility index (Phi) is 4.85. The topological polar surface area (TPSA) is 72.7 Å². The van der Waals surface area contributed by atoms with Gasteiger partial charge in [0.05, 0.1) is 16.8 Å². The minimum absolute atomic E-state index is 0.103. The van der Waals surface area contributed by atoms with Crippen LogP contribution in [0.4, 0.5) is 10.1 Å². The molecule has 1 saturated carbocycles. The largest absolute Gasteiger partial charge is 0.323 e. The lowest BCUT2D eigenvalue weighted by Gasteiger charge is -2.28. The van der Waals surface area contributed by atoms with Crippen molar-refractivity contribution >= 4 is 23.2 Å². The molecule has 0 radical (unpaired) electrons. The van der Waals surface area contributed by atoms with Crippen molar-refractivity contribution in [2.75, 3.05) is 5.32 Å². The minimum atomic E-state index is -0.710. The van der Waals surface area contributed by atoms with Crippen LogP contribution >= 0.6 is 11.6 Å². The highest BCUT2D eigenvalue weighted by Gasteiger charge is 2.43. The number of hydrogen-bond donors (Lipinski definition) is 1. The molecule has 0 aliphatic heterocycles. The summed E-state index contributed by atoms with van der Waals surface area (Å²) in [6, 6.07) is 11.8. The molecule has 1 aliphatic rings. The third kappa shape index (κ3) is 3.26. The number of aromatic nitrogens is 4. The molecule has 28 heavy (non-hydrogen) atoms. The lowest BCUT2D eigenvalue weighted by atomic mass is 9.78. The summed E-state index contributed by atoms with van der Waals surface area (Å²) < 4.78 is 15.9. The molecule has 0 unspecified atom stereocenters. The Morgan fingerprint density at radius 2 is 2.00 bits per heavy atom. The molecule has 4 rings (SSSR count). The number of halogens is 2. The number of aryl methyl sites for hydroxylation is 1. The van der Waals surface area contributed by atoms with Crippen LogP contribution in [0.1, 0.15) is 37.1 Å². The summed E-state index contributed by atoms with van der Waals surface area (Å²) in [6.45, 7) is 1.74. The first-order chi connectivity index (χ1) is 13.5. The number of benzene rings is 2. The van der Waals surface area contributed by atoms with Crippen LogP contribution in [0.25, 0.3) is 5.69 Å². The summed E-state index contributed by atoms with van der Waals surface area (Å²) in [7, 11) is 0. The van der Waals surface area contributed by atoms with Crippen LogP contribution in [-0.4, -0.2) is 26.1 Å². The fraction of sp³-hybridized carbons (Fsp3) is 0.300. The summed E-state index contributed by atoms with van der Waals surface area (Å²) in [5, 5.41) is 14.7. The zero-order valence-corrected chi connectivity index (χ0v) is 16.1. The number of carbonyl (C=O) groups excluding carboxylic acids is 1. The van der Waals surface area contributed by atoms with E-state index in [2.05, 4.69) is 20.8 Å². The third-order valence-electron chi connectivity index (χ3n) is 5.34. The molecule has 1 aromatic heterocycles. The zero-order valence-electron chi connectivity index (χ0n) is 15.3. The van der Waals surface area contributed by atoms with Gasteiger partial charge in [-0.15, -0.1) is 5.10 Å². The molecule has 1 N–H and O–H groups in total. The average molecular weight is 400 g/mol. The first-order valence-corrected chi connectivity index (χ1v) is 9.50. The van der Waals surface area contributed by atoms with E-state index in [-0.39, 0.29) is 11.6 Å². The van der Waals surface area contributed by atoms with E-state index in [1.54, 1.807) is 19.1 Å². The van der Waals surface area contributed by atoms with Crippen molar-refractivity contribution < 1.29 is 9.18 Å². The van der Waals surface area contributed by atoms with Gasteiger partial charge < -0.3 is 5.32 Å². The molecule has 8 heteroatoms. The van der Waals surface area contributed by atoms with Gasteiger partial charge in [0, 0.05) is 5.02 Å². The molecule has 2 aromatic carbocycles. The van der Waals surface area contributed by atoms with Gasteiger partial charge in [0.15, 0.2) is 5.82 Å². The van der Waals surface area contributed by atoms with Crippen molar-refractivity contribution in [3.8, 4) is 5.69 Å². The van der Waals surface area contributed by atoms with E-state index in [1.807, 2.05) is 18.2 Å². The highest BCUT2D eigenvalue weighted by atomic mass is 35.5. The second-order valence-electron chi connectivity index (χ2n) is 7.06. The molecule has 0 bridgehead atoms. The lowest BCUT2D eigenvalue weighted by molar-refractivity contribution is -0.121. The quantitative estimate of drug-likeness (QED) is 0.713. The summed E-state index contributed by atoms with van der Waals surface area (Å²) in [4.78, 5) is 13.3. The number of rotatable bonds is 4. The predicted octanol–water partition coefficient (Wildman–Crippen LogP) is 4.21. The van der Waals surface area contributed by atoms with Gasteiger partial charge in [-0.2, -0.15) is 4.68 Å². The number of nitrogens with one attached hydrogen (secondary N) is 1. The summed E-state index contributed by atoms with van der Waals surface area (Å²) in [5.74, 6) is -0.172. The van der Waals surface area contributed by atoms with E-state index in [0.29, 0.717) is 29.4 Å². The Morgan fingerprint density at radius 3 is 2.68 bits per heavy atom. The van der Waals surface area contributed by atoms with E-state index < -0.39 is 11.2 Å². The van der Waals surface area contributed by atoms with Crippen LogP contribution in [0.5, 0.6) is 0 Å². The van der Waals surface area contributed by atoms with Crippen molar-refractivity contribution in [3.05, 3.63) is 64.7 Å². The van der Waals surface area contributed by atoms with Crippen molar-refractivity contribution in [1.82, 2.24) is 20.2 Å². The molecule has 0 saturated heterocycles. The molecule has 1 fully saturated rings. The van der Waals surface area contributed by atoms with Gasteiger partial charge in [-0.25, -0.2) is 4.39 Å². The second-order valence-corrected chi connectivity index (χ2v) is 7.49. The summed E-state index contributed by atoms with van der Waals surface area (Å²) >= 11 is 6.15. The summed E-state index contributed by atoms with van der Waals surface area (Å²) in [6.07, 6.45) is 3.28. The maximum atomic E-state index is 14.5. The van der Waals surface area contributed by atoms with Gasteiger partial charge in [-0.3, -0.25) is 4.79 Å². The van der Waals surface area contributed by atoms with Crippen LogP contribution in [0.3, 0.4) is 0 Å². The first kappa shape index (κ1) is 18.6. The van der Waals surface area contributed by atoms with Gasteiger partial charge in [0.25, 0.3) is 0 Å². The van der Waals surface area contributed by atoms with E-state index in [9.17, 15) is 9.18 Å². The Labute approximate surface area is 166 Å². The average Bonchev–Trinajstić information content (AvgIpc) is 3.33. The Balaban J connectivity index is 1.68. The highest BCUT2D eigenvalue weighted by molar-refractivity contribution is 6.30. The Bertz CT molecular complexity index is 1030. The van der Waals surface area contributed by atoms with Gasteiger partial charge >= 0.3 is 0 Å². The number of hydrogen-bond acceptors (Lipinski definition) is 4. The van der Waals surface area contributed by atoms with Crippen LogP contribution < -0.4 is 5.32 Å². The van der Waals surface area contributed by atoms with Gasteiger partial charge in [-0.1, -0.05) is 36.6 Å². The van der Waals surface area contributed by atoms with E-state index in [4.69, 9.17) is 11.6 Å². The first-order valence-electron chi connectivity index (χ1n) is 9.12. The standard InChI is InChI=1S/C20H19ClFN5O/c1-13-24-25-26-27(13)16-7-8-17(22)18(12-16)23-19(28)20(9-2-3-10-20)14-5-4-6-15(21)11-14/h4-8,11-12H,2-3,9-10H2,1H3,(H,23,28). The summed E-state index contributed by atoms with van der Waals surface area (Å²) in [5.41, 5.74) is 0.828. The van der Waals surface area contributed by atoms with Gasteiger partial charge in [0.2, 0.25) is 5.91 Å². The molecular formula is C20H19ClFN5O. The molecule has 6 nitrogen and oxygen atoms in total. The second kappa shape index (κ2) is 7.31. The van der Waals surface area contributed by atoms with Crippen LogP contribution in [0.15, 0.2) is 42.5 Å². The number of anilines is 1. The monoisotopic (exact) mass is 399 g/mol. The molecule has 3 aromatic rings. The fourth-order valence-corrected chi connectivity index (χ4v) is 4.05. The fourth-order valence-electron chi connectivity index (χ4n) is 3.86. The zero-order chi connectivity index (χ0) is 19.7. The van der Waals surface area contributed by atoms with Crippen LogP contribution in [0, 0.1) is 12.7 Å². The van der Waals surface area contributed by atoms with Gasteiger partial charge in [0.1, 0.15) is 5.82 Å². The molecular weight excluding hydrogens is 381 g/mol. The lowest BCUT2D eigenvalue weighted by Crippen LogP contribution is -2.38. The molecule has 0 atom stereocenters. The number of amides is 1. The number of nitrogens with zero attached hydrogens (tertiary/aromatic N) is 4. The normalized spacial score (nSPS) is 15.5. The number of tetrazole rings is 1. The van der Waals surface area contributed by atoms with Crippen LogP contribution in [0.2, 0.25) is 5.02 Å².